The van der Waals surface area contributed by atoms with E-state index in [1.165, 1.54) is 31.7 Å². The Labute approximate surface area is 223 Å². The maximum atomic E-state index is 12.8. The Morgan fingerprint density at radius 3 is 2.51 bits per heavy atom. The van der Waals surface area contributed by atoms with Crippen molar-refractivity contribution in [2.75, 3.05) is 19.4 Å². The summed E-state index contributed by atoms with van der Waals surface area (Å²) in [6, 6.07) is 14.3. The zero-order chi connectivity index (χ0) is 27.4. The van der Waals surface area contributed by atoms with Gasteiger partial charge < -0.3 is 15.8 Å². The first-order valence-electron chi connectivity index (χ1n) is 12.3. The van der Waals surface area contributed by atoms with E-state index in [9.17, 15) is 9.18 Å². The predicted octanol–water partition coefficient (Wildman–Crippen LogP) is 5.21. The van der Waals surface area contributed by atoms with Gasteiger partial charge in [-0.05, 0) is 57.4 Å². The van der Waals surface area contributed by atoms with Gasteiger partial charge in [0.25, 0.3) is 0 Å². The summed E-state index contributed by atoms with van der Waals surface area (Å²) in [5.74, 6) is 0.592. The summed E-state index contributed by atoms with van der Waals surface area (Å²) in [5.41, 5.74) is 6.58. The molecule has 0 radical (unpaired) electrons. The number of halogens is 2. The van der Waals surface area contributed by atoms with E-state index < -0.39 is 5.82 Å². The van der Waals surface area contributed by atoms with Gasteiger partial charge in [-0.15, -0.1) is 6.58 Å². The number of primary amides is 1. The summed E-state index contributed by atoms with van der Waals surface area (Å²) in [6.45, 7) is 6.15. The Kier molecular flexibility index (Phi) is 12.3. The fourth-order valence-corrected chi connectivity index (χ4v) is 5.19. The maximum Gasteiger partial charge on any atom is 0.204 e. The van der Waals surface area contributed by atoms with Crippen LogP contribution in [0.3, 0.4) is 0 Å². The molecule has 1 amide bonds. The molecule has 2 heterocycles. The number of carbonyl (C=O) groups is 2. The van der Waals surface area contributed by atoms with E-state index in [4.69, 9.17) is 16.4 Å². The highest BCUT2D eigenvalue weighted by Crippen LogP contribution is 2.40. The van der Waals surface area contributed by atoms with Crippen molar-refractivity contribution in [1.82, 2.24) is 14.7 Å². The van der Waals surface area contributed by atoms with Gasteiger partial charge >= 0.3 is 0 Å². The number of likely N-dealkylation sites (N-methyl/N-ethyl adjacent to an activating group) is 1. The first-order valence-corrected chi connectivity index (χ1v) is 12.7. The summed E-state index contributed by atoms with van der Waals surface area (Å²) in [5, 5.41) is 8.20. The minimum Gasteiger partial charge on any atom is -0.386 e. The average molecular weight is 530 g/mol. The van der Waals surface area contributed by atoms with Crippen LogP contribution < -0.4 is 11.1 Å². The number of amides is 1. The number of fused-ring (bicyclic) bond motifs is 2. The van der Waals surface area contributed by atoms with Gasteiger partial charge in [0.15, 0.2) is 5.82 Å². The molecular formula is C28H37ClFN5O2. The van der Waals surface area contributed by atoms with Crippen molar-refractivity contribution in [3.63, 3.8) is 0 Å². The van der Waals surface area contributed by atoms with E-state index in [1.807, 2.05) is 31.2 Å². The second-order valence-corrected chi connectivity index (χ2v) is 9.31. The Balaban J connectivity index is 0.000000187. The van der Waals surface area contributed by atoms with E-state index in [2.05, 4.69) is 40.8 Å². The Morgan fingerprint density at radius 1 is 1.22 bits per heavy atom. The lowest BCUT2D eigenvalue weighted by Crippen LogP contribution is -2.30. The fourth-order valence-electron chi connectivity index (χ4n) is 5.01. The predicted molar refractivity (Wildman–Crippen MR) is 149 cm³/mol. The Hall–Kier alpha value is -3.23. The SMILES string of the molecule is C=CC1CC2CCCC2N1C.CNc1cccc(Cl)c1F.Cc1nn(CC=O)c2ccccc12.NC=O. The highest BCUT2D eigenvalue weighted by molar-refractivity contribution is 6.31. The molecular weight excluding hydrogens is 493 g/mol. The zero-order valence-electron chi connectivity index (χ0n) is 21.7. The van der Waals surface area contributed by atoms with Gasteiger partial charge in [-0.3, -0.25) is 14.4 Å². The van der Waals surface area contributed by atoms with Gasteiger partial charge in [0.2, 0.25) is 6.41 Å². The van der Waals surface area contributed by atoms with Gasteiger partial charge in [-0.1, -0.05) is 48.4 Å². The number of hydrogen-bond acceptors (Lipinski definition) is 5. The monoisotopic (exact) mass is 529 g/mol. The van der Waals surface area contributed by atoms with E-state index in [0.717, 1.165) is 34.8 Å². The van der Waals surface area contributed by atoms with Gasteiger partial charge in [0.1, 0.15) is 6.29 Å². The van der Waals surface area contributed by atoms with Crippen LogP contribution in [0.15, 0.2) is 55.1 Å². The zero-order valence-corrected chi connectivity index (χ0v) is 22.5. The quantitative estimate of drug-likeness (QED) is 0.357. The van der Waals surface area contributed by atoms with Crippen molar-refractivity contribution in [2.45, 2.75) is 51.2 Å². The lowest BCUT2D eigenvalue weighted by Gasteiger charge is -2.21. The lowest BCUT2D eigenvalue weighted by molar-refractivity contribution is -0.108. The number of nitrogens with zero attached hydrogens (tertiary/aromatic N) is 3. The van der Waals surface area contributed by atoms with Gasteiger partial charge in [0, 0.05) is 24.5 Å². The molecule has 2 aromatic carbocycles. The molecule has 1 saturated heterocycles. The molecule has 3 N–H and O–H groups in total. The molecule has 3 aromatic rings. The third-order valence-corrected chi connectivity index (χ3v) is 7.08. The molecule has 7 nitrogen and oxygen atoms in total. The first kappa shape index (κ1) is 30.0. The third-order valence-electron chi connectivity index (χ3n) is 6.79. The summed E-state index contributed by atoms with van der Waals surface area (Å²) in [4.78, 5) is 21.5. The lowest BCUT2D eigenvalue weighted by atomic mass is 10.0. The van der Waals surface area contributed by atoms with Crippen LogP contribution in [0.2, 0.25) is 5.02 Å². The molecule has 3 atom stereocenters. The van der Waals surface area contributed by atoms with Crippen LogP contribution >= 0.6 is 11.6 Å². The van der Waals surface area contributed by atoms with Crippen LogP contribution in [0.5, 0.6) is 0 Å². The molecule has 0 bridgehead atoms. The van der Waals surface area contributed by atoms with Gasteiger partial charge in [-0.25, -0.2) is 4.39 Å². The van der Waals surface area contributed by atoms with Crippen LogP contribution in [0.25, 0.3) is 10.9 Å². The molecule has 2 aliphatic rings. The number of nitrogens with one attached hydrogen (secondary N) is 1. The first-order chi connectivity index (χ1) is 17.8. The number of anilines is 1. The second kappa shape index (κ2) is 15.1. The third kappa shape index (κ3) is 7.87. The molecule has 0 spiro atoms. The molecule has 9 heteroatoms. The number of benzene rings is 2. The number of rotatable bonds is 4. The van der Waals surface area contributed by atoms with Crippen LogP contribution in [0.1, 0.15) is 31.4 Å². The highest BCUT2D eigenvalue weighted by atomic mass is 35.5. The average Bonchev–Trinajstić information content (AvgIpc) is 3.58. The molecule has 1 aromatic heterocycles. The molecule has 1 aliphatic heterocycles. The van der Waals surface area contributed by atoms with Crippen molar-refractivity contribution in [3.05, 3.63) is 71.7 Å². The smallest absolute Gasteiger partial charge is 0.204 e. The molecule has 1 saturated carbocycles. The summed E-state index contributed by atoms with van der Waals surface area (Å²) < 4.78 is 14.5. The Bertz CT molecular complexity index is 1170. The number of hydrogen-bond donors (Lipinski definition) is 2. The van der Waals surface area contributed by atoms with Crippen molar-refractivity contribution < 1.29 is 14.0 Å². The van der Waals surface area contributed by atoms with Crippen molar-refractivity contribution in [2.24, 2.45) is 11.7 Å². The minimum absolute atomic E-state index is 0.145. The van der Waals surface area contributed by atoms with Crippen molar-refractivity contribution in [1.29, 1.82) is 0 Å². The number of carbonyl (C=O) groups excluding carboxylic acids is 2. The van der Waals surface area contributed by atoms with Crippen LogP contribution in [-0.4, -0.2) is 53.6 Å². The molecule has 5 rings (SSSR count). The summed E-state index contributed by atoms with van der Waals surface area (Å²) >= 11 is 5.48. The van der Waals surface area contributed by atoms with E-state index in [-0.39, 0.29) is 11.4 Å². The van der Waals surface area contributed by atoms with Crippen LogP contribution in [0, 0.1) is 18.7 Å². The van der Waals surface area contributed by atoms with Gasteiger partial charge in [-0.2, -0.15) is 5.10 Å². The number of para-hydroxylation sites is 1. The highest BCUT2D eigenvalue weighted by Gasteiger charge is 2.39. The van der Waals surface area contributed by atoms with Crippen LogP contribution in [0.4, 0.5) is 10.1 Å². The molecule has 37 heavy (non-hydrogen) atoms. The maximum absolute atomic E-state index is 12.8. The normalized spacial score (nSPS) is 19.8. The van der Waals surface area contributed by atoms with E-state index in [1.54, 1.807) is 23.9 Å². The van der Waals surface area contributed by atoms with Crippen molar-refractivity contribution >= 4 is 40.9 Å². The van der Waals surface area contributed by atoms with Crippen molar-refractivity contribution in [3.8, 4) is 0 Å². The minimum atomic E-state index is -0.397. The molecule has 2 fully saturated rings. The number of aldehydes is 1. The summed E-state index contributed by atoms with van der Waals surface area (Å²) in [6.07, 6.45) is 8.91. The molecule has 200 valence electrons. The standard InChI is InChI=1S/C10H10N2O.C10H17N.C7H7ClFN.CH3NO/c1-8-9-4-2-3-5-10(9)12(11-8)6-7-13;1-3-9-7-8-5-4-6-10(8)11(9)2;1-10-6-4-2-3-5(8)7(6)9;2-1-3/h2-5,7H,6H2,1H3;3,8-10H,1,4-7H2,2H3;2-4,10H,1H3;1H,(H2,2,3). The largest absolute Gasteiger partial charge is 0.386 e. The van der Waals surface area contributed by atoms with E-state index >= 15 is 0 Å². The topological polar surface area (TPSA) is 93.2 Å². The Morgan fingerprint density at radius 2 is 1.92 bits per heavy atom. The van der Waals surface area contributed by atoms with Gasteiger partial charge in [0.05, 0.1) is 28.5 Å². The molecule has 3 unspecified atom stereocenters. The number of aromatic nitrogens is 2. The second-order valence-electron chi connectivity index (χ2n) is 8.90. The number of aryl methyl sites for hydroxylation is 1. The fraction of sp³-hybridized carbons (Fsp3) is 0.393. The summed E-state index contributed by atoms with van der Waals surface area (Å²) in [7, 11) is 3.90. The number of likely N-dealkylation sites (tertiary alicyclic amines) is 1. The molecule has 1 aliphatic carbocycles. The van der Waals surface area contributed by atoms with E-state index in [0.29, 0.717) is 18.3 Å². The number of nitrogens with two attached hydrogens (primary N) is 1. The van der Waals surface area contributed by atoms with Crippen LogP contribution in [-0.2, 0) is 16.1 Å².